The molecule has 3 rings (SSSR count). The van der Waals surface area contributed by atoms with Gasteiger partial charge >= 0.3 is 0 Å². The minimum absolute atomic E-state index is 0.0716. The van der Waals surface area contributed by atoms with Gasteiger partial charge < -0.3 is 9.64 Å². The van der Waals surface area contributed by atoms with Crippen LogP contribution in [0.15, 0.2) is 24.3 Å². The smallest absolute Gasteiger partial charge is 0.253 e. The number of carbonyl (C=O) groups excluding carboxylic acids is 1. The van der Waals surface area contributed by atoms with E-state index in [4.69, 9.17) is 4.74 Å². The molecule has 1 aromatic carbocycles. The second kappa shape index (κ2) is 6.76. The van der Waals surface area contributed by atoms with Gasteiger partial charge in [0.05, 0.1) is 0 Å². The van der Waals surface area contributed by atoms with Crippen LogP contribution < -0.4 is 4.74 Å². The fourth-order valence-corrected chi connectivity index (χ4v) is 2.79. The quantitative estimate of drug-likeness (QED) is 0.858. The van der Waals surface area contributed by atoms with Gasteiger partial charge in [0.25, 0.3) is 5.91 Å². The predicted molar refractivity (Wildman–Crippen MR) is 83.9 cm³/mol. The highest BCUT2D eigenvalue weighted by Gasteiger charge is 2.22. The number of nitrogens with zero attached hydrogens (tertiary/aromatic N) is 5. The third-order valence-corrected chi connectivity index (χ3v) is 4.10. The summed E-state index contributed by atoms with van der Waals surface area (Å²) in [5.74, 6) is 1.91. The molecule has 0 bridgehead atoms. The number of carbonyl (C=O) groups is 1. The van der Waals surface area contributed by atoms with Crippen molar-refractivity contribution >= 4 is 5.91 Å². The Bertz CT molecular complexity index is 685. The molecular weight excluding hydrogens is 294 g/mol. The Morgan fingerprint density at radius 2 is 2.30 bits per heavy atom. The molecular formula is C16H21N5O2. The minimum Gasteiger partial charge on any atom is -0.486 e. The van der Waals surface area contributed by atoms with Crippen molar-refractivity contribution in [3.05, 3.63) is 35.7 Å². The lowest BCUT2D eigenvalue weighted by molar-refractivity contribution is 0.0682. The molecule has 1 aliphatic rings. The second-order valence-electron chi connectivity index (χ2n) is 6.03. The van der Waals surface area contributed by atoms with Crippen LogP contribution in [0, 0.1) is 5.92 Å². The summed E-state index contributed by atoms with van der Waals surface area (Å²) < 4.78 is 7.26. The largest absolute Gasteiger partial charge is 0.486 e. The van der Waals surface area contributed by atoms with E-state index in [2.05, 4.69) is 22.4 Å². The average molecular weight is 315 g/mol. The van der Waals surface area contributed by atoms with Gasteiger partial charge in [-0.25, -0.2) is 4.68 Å². The van der Waals surface area contributed by atoms with Gasteiger partial charge in [-0.15, -0.1) is 5.10 Å². The van der Waals surface area contributed by atoms with Crippen LogP contribution >= 0.6 is 0 Å². The van der Waals surface area contributed by atoms with E-state index in [-0.39, 0.29) is 12.5 Å². The maximum Gasteiger partial charge on any atom is 0.253 e. The number of aromatic nitrogens is 4. The number of amides is 1. The Balaban J connectivity index is 1.67. The average Bonchev–Trinajstić information content (AvgIpc) is 2.97. The Kier molecular flexibility index (Phi) is 4.55. The Morgan fingerprint density at radius 3 is 3.04 bits per heavy atom. The first-order valence-corrected chi connectivity index (χ1v) is 7.87. The number of ether oxygens (including phenoxy) is 1. The summed E-state index contributed by atoms with van der Waals surface area (Å²) in [6.45, 7) is 4.11. The Hall–Kier alpha value is -2.44. The molecule has 1 aliphatic heterocycles. The molecule has 7 heteroatoms. The van der Waals surface area contributed by atoms with Gasteiger partial charge in [0.2, 0.25) is 0 Å². The topological polar surface area (TPSA) is 73.1 Å². The second-order valence-corrected chi connectivity index (χ2v) is 6.03. The maximum absolute atomic E-state index is 12.6. The molecule has 1 amide bonds. The third-order valence-electron chi connectivity index (χ3n) is 4.10. The van der Waals surface area contributed by atoms with Gasteiger partial charge in [-0.2, -0.15) is 0 Å². The van der Waals surface area contributed by atoms with E-state index in [0.717, 1.165) is 19.5 Å². The highest BCUT2D eigenvalue weighted by molar-refractivity contribution is 5.94. The molecule has 1 aromatic heterocycles. The number of likely N-dealkylation sites (tertiary alicyclic amines) is 1. The van der Waals surface area contributed by atoms with Crippen molar-refractivity contribution in [1.29, 1.82) is 0 Å². The first-order valence-electron chi connectivity index (χ1n) is 7.87. The van der Waals surface area contributed by atoms with E-state index in [1.165, 1.54) is 6.42 Å². The summed E-state index contributed by atoms with van der Waals surface area (Å²) in [6.07, 6.45) is 2.26. The molecule has 122 valence electrons. The van der Waals surface area contributed by atoms with E-state index in [9.17, 15) is 4.79 Å². The number of tetrazole rings is 1. The number of aryl methyl sites for hydroxylation is 1. The molecule has 1 saturated heterocycles. The highest BCUT2D eigenvalue weighted by Crippen LogP contribution is 2.20. The number of hydrogen-bond acceptors (Lipinski definition) is 5. The number of benzene rings is 1. The van der Waals surface area contributed by atoms with Crippen LogP contribution in [0.1, 0.15) is 35.9 Å². The van der Waals surface area contributed by atoms with E-state index < -0.39 is 0 Å². The zero-order valence-corrected chi connectivity index (χ0v) is 13.5. The molecule has 23 heavy (non-hydrogen) atoms. The molecule has 1 fully saturated rings. The van der Waals surface area contributed by atoms with E-state index in [0.29, 0.717) is 23.1 Å². The third kappa shape index (κ3) is 3.67. The summed E-state index contributed by atoms with van der Waals surface area (Å²) in [5, 5.41) is 11.2. The number of hydrogen-bond donors (Lipinski definition) is 0. The summed E-state index contributed by atoms with van der Waals surface area (Å²) in [4.78, 5) is 14.5. The molecule has 2 heterocycles. The molecule has 2 aromatic rings. The Labute approximate surface area is 135 Å². The van der Waals surface area contributed by atoms with Crippen molar-refractivity contribution in [2.75, 3.05) is 13.1 Å². The zero-order valence-electron chi connectivity index (χ0n) is 13.5. The van der Waals surface area contributed by atoms with E-state index in [1.807, 2.05) is 23.1 Å². The SMILES string of the molecule is CC1CCCN(C(=O)c2cccc(OCc3nnnn3C)c2)C1. The highest BCUT2D eigenvalue weighted by atomic mass is 16.5. The normalized spacial score (nSPS) is 18.0. The van der Waals surface area contributed by atoms with Crippen molar-refractivity contribution in [3.8, 4) is 5.75 Å². The zero-order chi connectivity index (χ0) is 16.2. The molecule has 0 saturated carbocycles. The van der Waals surface area contributed by atoms with Gasteiger partial charge in [0.15, 0.2) is 5.82 Å². The summed E-state index contributed by atoms with van der Waals surface area (Å²) in [5.41, 5.74) is 0.660. The first kappa shape index (κ1) is 15.5. The van der Waals surface area contributed by atoms with Crippen LogP contribution in [-0.4, -0.2) is 44.1 Å². The molecule has 0 N–H and O–H groups in total. The van der Waals surface area contributed by atoms with E-state index in [1.54, 1.807) is 17.8 Å². The van der Waals surface area contributed by atoms with Gasteiger partial charge in [-0.05, 0) is 47.4 Å². The van der Waals surface area contributed by atoms with Gasteiger partial charge in [0.1, 0.15) is 12.4 Å². The van der Waals surface area contributed by atoms with Crippen molar-refractivity contribution in [3.63, 3.8) is 0 Å². The van der Waals surface area contributed by atoms with Crippen LogP contribution in [-0.2, 0) is 13.7 Å². The van der Waals surface area contributed by atoms with Gasteiger partial charge in [-0.1, -0.05) is 13.0 Å². The van der Waals surface area contributed by atoms with Gasteiger partial charge in [-0.3, -0.25) is 4.79 Å². The van der Waals surface area contributed by atoms with Crippen LogP contribution in [0.4, 0.5) is 0 Å². The first-order chi connectivity index (χ1) is 11.1. The van der Waals surface area contributed by atoms with Crippen LogP contribution in [0.5, 0.6) is 5.75 Å². The van der Waals surface area contributed by atoms with Crippen molar-refractivity contribution < 1.29 is 9.53 Å². The van der Waals surface area contributed by atoms with Crippen LogP contribution in [0.2, 0.25) is 0 Å². The fourth-order valence-electron chi connectivity index (χ4n) is 2.79. The van der Waals surface area contributed by atoms with Crippen LogP contribution in [0.25, 0.3) is 0 Å². The van der Waals surface area contributed by atoms with E-state index >= 15 is 0 Å². The minimum atomic E-state index is 0.0716. The lowest BCUT2D eigenvalue weighted by atomic mass is 9.99. The maximum atomic E-state index is 12.6. The summed E-state index contributed by atoms with van der Waals surface area (Å²) in [7, 11) is 1.76. The lowest BCUT2D eigenvalue weighted by Gasteiger charge is -2.31. The molecule has 7 nitrogen and oxygen atoms in total. The molecule has 1 atom stereocenters. The number of piperidine rings is 1. The predicted octanol–water partition coefficient (Wildman–Crippen LogP) is 1.66. The van der Waals surface area contributed by atoms with Crippen molar-refractivity contribution in [2.24, 2.45) is 13.0 Å². The molecule has 1 unspecified atom stereocenters. The standard InChI is InChI=1S/C16H21N5O2/c1-12-5-4-8-21(10-12)16(22)13-6-3-7-14(9-13)23-11-15-17-18-19-20(15)2/h3,6-7,9,12H,4-5,8,10-11H2,1-2H3. The molecule has 0 aliphatic carbocycles. The monoisotopic (exact) mass is 315 g/mol. The van der Waals surface area contributed by atoms with Crippen LogP contribution in [0.3, 0.4) is 0 Å². The van der Waals surface area contributed by atoms with Gasteiger partial charge in [0, 0.05) is 25.7 Å². The van der Waals surface area contributed by atoms with Crippen molar-refractivity contribution in [1.82, 2.24) is 25.1 Å². The summed E-state index contributed by atoms with van der Waals surface area (Å²) >= 11 is 0. The lowest BCUT2D eigenvalue weighted by Crippen LogP contribution is -2.39. The van der Waals surface area contributed by atoms with Crippen molar-refractivity contribution in [2.45, 2.75) is 26.4 Å². The number of rotatable bonds is 4. The molecule has 0 radical (unpaired) electrons. The molecule has 0 spiro atoms. The fraction of sp³-hybridized carbons (Fsp3) is 0.500. The Morgan fingerprint density at radius 1 is 1.43 bits per heavy atom. The summed E-state index contributed by atoms with van der Waals surface area (Å²) in [6, 6.07) is 7.29.